The van der Waals surface area contributed by atoms with E-state index < -0.39 is 0 Å². The van der Waals surface area contributed by atoms with E-state index in [0.29, 0.717) is 6.42 Å². The van der Waals surface area contributed by atoms with E-state index in [-0.39, 0.29) is 5.91 Å². The lowest BCUT2D eigenvalue weighted by atomic mass is 9.96. The molecule has 0 saturated heterocycles. The number of carbonyl (C=O) groups excluding carboxylic acids is 1. The highest BCUT2D eigenvalue weighted by Gasteiger charge is 2.22. The van der Waals surface area contributed by atoms with Gasteiger partial charge in [0.25, 0.3) is 0 Å². The number of aryl methyl sites for hydroxylation is 1. The van der Waals surface area contributed by atoms with Crippen molar-refractivity contribution in [1.82, 2.24) is 0 Å². The minimum atomic E-state index is 0.0587. The second kappa shape index (κ2) is 8.21. The monoisotopic (exact) mass is 348 g/mol. The molecule has 124 valence electrons. The van der Waals surface area contributed by atoms with E-state index in [0.717, 1.165) is 40.8 Å². The highest BCUT2D eigenvalue weighted by molar-refractivity contribution is 7.99. The average Bonchev–Trinajstić information content (AvgIpc) is 2.92. The highest BCUT2D eigenvalue weighted by atomic mass is 32.2. The van der Waals surface area contributed by atoms with Crippen LogP contribution in [-0.2, 0) is 17.6 Å². The first-order valence-electron chi connectivity index (χ1n) is 8.74. The van der Waals surface area contributed by atoms with Crippen LogP contribution in [0.4, 0.5) is 5.00 Å². The number of thioether (sulfide) groups is 1. The molecule has 0 unspecified atom stereocenters. The first kappa shape index (κ1) is 16.9. The van der Waals surface area contributed by atoms with Gasteiger partial charge in [-0.15, -0.1) is 11.3 Å². The van der Waals surface area contributed by atoms with Crippen molar-refractivity contribution in [3.05, 3.63) is 16.0 Å². The number of hydrogen-bond acceptors (Lipinski definition) is 4. The van der Waals surface area contributed by atoms with Gasteiger partial charge in [-0.1, -0.05) is 19.3 Å². The quantitative estimate of drug-likeness (QED) is 0.824. The normalized spacial score (nSPS) is 18.2. The first-order chi connectivity index (χ1) is 11.3. The first-order valence-corrected chi connectivity index (χ1v) is 10.6. The lowest BCUT2D eigenvalue weighted by Gasteiger charge is -2.20. The summed E-state index contributed by atoms with van der Waals surface area (Å²) in [5.74, 6) is 0.951. The largest absolute Gasteiger partial charge is 0.317 e. The molecule has 3 rings (SSSR count). The summed E-state index contributed by atoms with van der Waals surface area (Å²) >= 11 is 3.57. The van der Waals surface area contributed by atoms with Crippen molar-refractivity contribution in [2.45, 2.75) is 69.5 Å². The molecule has 1 fully saturated rings. The summed E-state index contributed by atoms with van der Waals surface area (Å²) in [7, 11) is 0. The van der Waals surface area contributed by atoms with E-state index in [4.69, 9.17) is 0 Å². The van der Waals surface area contributed by atoms with Crippen LogP contribution in [0.15, 0.2) is 0 Å². The maximum atomic E-state index is 12.2. The number of anilines is 1. The fourth-order valence-electron chi connectivity index (χ4n) is 3.51. The molecule has 1 aromatic rings. The van der Waals surface area contributed by atoms with Crippen molar-refractivity contribution < 1.29 is 4.79 Å². The predicted octanol–water partition coefficient (Wildman–Crippen LogP) is 4.89. The molecule has 1 saturated carbocycles. The zero-order valence-corrected chi connectivity index (χ0v) is 15.2. The third kappa shape index (κ3) is 4.30. The highest BCUT2D eigenvalue weighted by Crippen LogP contribution is 2.37. The SMILES string of the molecule is N#Cc1c(NC(=O)CCSC2CCCCC2)sc2c1CCCC2. The Morgan fingerprint density at radius 3 is 2.78 bits per heavy atom. The summed E-state index contributed by atoms with van der Waals surface area (Å²) in [6.45, 7) is 0. The molecular weight excluding hydrogens is 324 g/mol. The summed E-state index contributed by atoms with van der Waals surface area (Å²) < 4.78 is 0. The summed E-state index contributed by atoms with van der Waals surface area (Å²) in [5.41, 5.74) is 1.91. The van der Waals surface area contributed by atoms with Crippen LogP contribution in [0, 0.1) is 11.3 Å². The number of nitrogens with zero attached hydrogens (tertiary/aromatic N) is 1. The van der Waals surface area contributed by atoms with Gasteiger partial charge in [0.15, 0.2) is 0 Å². The van der Waals surface area contributed by atoms with E-state index in [1.165, 1.54) is 49.0 Å². The number of rotatable bonds is 5. The van der Waals surface area contributed by atoms with Gasteiger partial charge in [-0.05, 0) is 44.1 Å². The molecule has 0 aliphatic heterocycles. The smallest absolute Gasteiger partial charge is 0.225 e. The minimum absolute atomic E-state index is 0.0587. The molecule has 0 spiro atoms. The molecule has 3 nitrogen and oxygen atoms in total. The van der Waals surface area contributed by atoms with E-state index in [1.54, 1.807) is 11.3 Å². The number of amides is 1. The van der Waals surface area contributed by atoms with Gasteiger partial charge in [-0.2, -0.15) is 17.0 Å². The fraction of sp³-hybridized carbons (Fsp3) is 0.667. The number of nitriles is 1. The molecular formula is C18H24N2OS2. The van der Waals surface area contributed by atoms with Crippen molar-refractivity contribution in [3.63, 3.8) is 0 Å². The Kier molecular flexibility index (Phi) is 6.02. The Hall–Kier alpha value is -0.990. The van der Waals surface area contributed by atoms with Gasteiger partial charge in [0, 0.05) is 22.3 Å². The van der Waals surface area contributed by atoms with Crippen LogP contribution >= 0.6 is 23.1 Å². The van der Waals surface area contributed by atoms with E-state index in [2.05, 4.69) is 11.4 Å². The molecule has 0 atom stereocenters. The Bertz CT molecular complexity index is 597. The van der Waals surface area contributed by atoms with Gasteiger partial charge in [0.05, 0.1) is 5.56 Å². The van der Waals surface area contributed by atoms with Crippen LogP contribution in [0.3, 0.4) is 0 Å². The molecule has 5 heteroatoms. The summed E-state index contributed by atoms with van der Waals surface area (Å²) in [6.07, 6.45) is 11.6. The van der Waals surface area contributed by atoms with Crippen LogP contribution in [0.2, 0.25) is 0 Å². The molecule has 0 bridgehead atoms. The van der Waals surface area contributed by atoms with E-state index >= 15 is 0 Å². The fourth-order valence-corrected chi connectivity index (χ4v) is 6.07. The number of fused-ring (bicyclic) bond motifs is 1. The number of hydrogen-bond donors (Lipinski definition) is 1. The lowest BCUT2D eigenvalue weighted by Crippen LogP contribution is -2.14. The predicted molar refractivity (Wildman–Crippen MR) is 98.3 cm³/mol. The molecule has 1 aromatic heterocycles. The maximum Gasteiger partial charge on any atom is 0.225 e. The summed E-state index contributed by atoms with van der Waals surface area (Å²) in [4.78, 5) is 13.5. The average molecular weight is 349 g/mol. The number of nitrogens with one attached hydrogen (secondary N) is 1. The van der Waals surface area contributed by atoms with Crippen molar-refractivity contribution in [2.24, 2.45) is 0 Å². The molecule has 0 radical (unpaired) electrons. The van der Waals surface area contributed by atoms with Crippen molar-refractivity contribution in [3.8, 4) is 6.07 Å². The number of thiophene rings is 1. The molecule has 0 aromatic carbocycles. The van der Waals surface area contributed by atoms with Gasteiger partial charge in [-0.3, -0.25) is 4.79 Å². The van der Waals surface area contributed by atoms with Gasteiger partial charge in [0.2, 0.25) is 5.91 Å². The van der Waals surface area contributed by atoms with Crippen LogP contribution in [0.5, 0.6) is 0 Å². The molecule has 1 amide bonds. The van der Waals surface area contributed by atoms with Crippen molar-refractivity contribution in [1.29, 1.82) is 5.26 Å². The molecule has 23 heavy (non-hydrogen) atoms. The van der Waals surface area contributed by atoms with Gasteiger partial charge >= 0.3 is 0 Å². The Labute approximate surface area is 146 Å². The third-order valence-electron chi connectivity index (χ3n) is 4.77. The standard InChI is InChI=1S/C18H24N2OS2/c19-12-15-14-8-4-5-9-16(14)23-18(15)20-17(21)10-11-22-13-6-2-1-3-7-13/h13H,1-11H2,(H,20,21). The molecule has 2 aliphatic carbocycles. The summed E-state index contributed by atoms with van der Waals surface area (Å²) in [5, 5.41) is 14.0. The maximum absolute atomic E-state index is 12.2. The second-order valence-corrected chi connectivity index (χ2v) is 8.97. The molecule has 2 aliphatic rings. The Balaban J connectivity index is 1.51. The minimum Gasteiger partial charge on any atom is -0.317 e. The van der Waals surface area contributed by atoms with Crippen LogP contribution in [0.1, 0.15) is 67.4 Å². The van der Waals surface area contributed by atoms with Crippen LogP contribution in [0.25, 0.3) is 0 Å². The van der Waals surface area contributed by atoms with Crippen LogP contribution < -0.4 is 5.32 Å². The third-order valence-corrected chi connectivity index (χ3v) is 7.36. The Morgan fingerprint density at radius 2 is 2.00 bits per heavy atom. The van der Waals surface area contributed by atoms with E-state index in [1.807, 2.05) is 11.8 Å². The molecule has 1 N–H and O–H groups in total. The topological polar surface area (TPSA) is 52.9 Å². The summed E-state index contributed by atoms with van der Waals surface area (Å²) in [6, 6.07) is 2.31. The zero-order chi connectivity index (χ0) is 16.1. The van der Waals surface area contributed by atoms with Gasteiger partial charge in [-0.25, -0.2) is 0 Å². The van der Waals surface area contributed by atoms with Gasteiger partial charge < -0.3 is 5.32 Å². The van der Waals surface area contributed by atoms with Crippen molar-refractivity contribution >= 4 is 34.0 Å². The zero-order valence-electron chi connectivity index (χ0n) is 13.5. The van der Waals surface area contributed by atoms with Crippen LogP contribution in [-0.4, -0.2) is 16.9 Å². The lowest BCUT2D eigenvalue weighted by molar-refractivity contribution is -0.115. The molecule has 1 heterocycles. The number of carbonyl (C=O) groups is 1. The Morgan fingerprint density at radius 1 is 1.22 bits per heavy atom. The second-order valence-electron chi connectivity index (χ2n) is 6.46. The van der Waals surface area contributed by atoms with Gasteiger partial charge in [0.1, 0.15) is 11.1 Å². The van der Waals surface area contributed by atoms with Crippen molar-refractivity contribution in [2.75, 3.05) is 11.1 Å². The van der Waals surface area contributed by atoms with E-state index in [9.17, 15) is 10.1 Å².